The normalized spacial score (nSPS) is 11.3. The summed E-state index contributed by atoms with van der Waals surface area (Å²) in [5.41, 5.74) is 4.26. The molecule has 0 fully saturated rings. The fourth-order valence-corrected chi connectivity index (χ4v) is 3.13. The molecule has 138 valence electrons. The zero-order valence-corrected chi connectivity index (χ0v) is 15.4. The highest BCUT2D eigenvalue weighted by Crippen LogP contribution is 2.32. The number of nitrogens with zero attached hydrogens (tertiary/aromatic N) is 4. The third-order valence-corrected chi connectivity index (χ3v) is 4.53. The predicted octanol–water partition coefficient (Wildman–Crippen LogP) is 5.52. The second-order valence-corrected chi connectivity index (χ2v) is 6.49. The number of hydrogen-bond acceptors (Lipinski definition) is 5. The second-order valence-electron chi connectivity index (χ2n) is 6.49. The SMILES string of the molecule is C(=C\c1nnc(-c2cc3cccnc3nc2-c2ccccc2)o1)/c1ccccc1. The molecule has 3 heterocycles. The number of hydrogen-bond donors (Lipinski definition) is 0. The Kier molecular flexibility index (Phi) is 4.39. The molecule has 5 aromatic rings. The Balaban J connectivity index is 1.59. The smallest absolute Gasteiger partial charge is 0.250 e. The Morgan fingerprint density at radius 3 is 2.38 bits per heavy atom. The molecule has 0 saturated carbocycles. The summed E-state index contributed by atoms with van der Waals surface area (Å²) >= 11 is 0. The van der Waals surface area contributed by atoms with E-state index in [1.807, 2.05) is 91.0 Å². The molecule has 0 saturated heterocycles. The Morgan fingerprint density at radius 2 is 1.55 bits per heavy atom. The van der Waals surface area contributed by atoms with Crippen molar-refractivity contribution in [1.82, 2.24) is 20.2 Å². The number of benzene rings is 2. The van der Waals surface area contributed by atoms with E-state index >= 15 is 0 Å². The summed E-state index contributed by atoms with van der Waals surface area (Å²) in [5, 5.41) is 9.36. The molecule has 0 aliphatic carbocycles. The van der Waals surface area contributed by atoms with Crippen molar-refractivity contribution in [2.45, 2.75) is 0 Å². The Labute approximate surface area is 167 Å². The van der Waals surface area contributed by atoms with Crippen LogP contribution < -0.4 is 0 Å². The van der Waals surface area contributed by atoms with E-state index in [2.05, 4.69) is 15.2 Å². The third kappa shape index (κ3) is 3.53. The summed E-state index contributed by atoms with van der Waals surface area (Å²) in [6.07, 6.45) is 5.49. The molecule has 5 heteroatoms. The second kappa shape index (κ2) is 7.48. The number of rotatable bonds is 4. The van der Waals surface area contributed by atoms with Crippen LogP contribution in [0.2, 0.25) is 0 Å². The number of fused-ring (bicyclic) bond motifs is 1. The minimum Gasteiger partial charge on any atom is -0.417 e. The van der Waals surface area contributed by atoms with Crippen LogP contribution >= 0.6 is 0 Å². The molecule has 0 unspecified atom stereocenters. The lowest BCUT2D eigenvalue weighted by molar-refractivity contribution is 0.558. The van der Waals surface area contributed by atoms with Crippen LogP contribution in [0.3, 0.4) is 0 Å². The third-order valence-electron chi connectivity index (χ3n) is 4.53. The first-order valence-electron chi connectivity index (χ1n) is 9.25. The maximum absolute atomic E-state index is 5.93. The van der Waals surface area contributed by atoms with Gasteiger partial charge in [0.15, 0.2) is 5.65 Å². The van der Waals surface area contributed by atoms with Crippen LogP contribution in [-0.4, -0.2) is 20.2 Å². The van der Waals surface area contributed by atoms with Crippen molar-refractivity contribution in [3.8, 4) is 22.7 Å². The standard InChI is InChI=1S/C24H16N4O/c1-3-8-17(9-4-1)13-14-21-27-28-24(29-21)20-16-19-12-7-15-25-23(19)26-22(20)18-10-5-2-6-11-18/h1-16H/b14-13+. The molecule has 0 amide bonds. The van der Waals surface area contributed by atoms with Gasteiger partial charge in [-0.2, -0.15) is 0 Å². The Morgan fingerprint density at radius 1 is 0.759 bits per heavy atom. The monoisotopic (exact) mass is 376 g/mol. The van der Waals surface area contributed by atoms with Gasteiger partial charge in [-0.1, -0.05) is 60.7 Å². The van der Waals surface area contributed by atoms with Crippen LogP contribution in [0.1, 0.15) is 11.5 Å². The summed E-state index contributed by atoms with van der Waals surface area (Å²) in [4.78, 5) is 9.15. The van der Waals surface area contributed by atoms with Crippen molar-refractivity contribution in [2.24, 2.45) is 0 Å². The van der Waals surface area contributed by atoms with E-state index in [4.69, 9.17) is 9.40 Å². The van der Waals surface area contributed by atoms with E-state index in [-0.39, 0.29) is 0 Å². The lowest BCUT2D eigenvalue weighted by Gasteiger charge is -2.07. The first-order valence-corrected chi connectivity index (χ1v) is 9.25. The summed E-state index contributed by atoms with van der Waals surface area (Å²) in [5.74, 6) is 0.865. The maximum atomic E-state index is 5.93. The van der Waals surface area contributed by atoms with Crippen molar-refractivity contribution in [1.29, 1.82) is 0 Å². The minimum absolute atomic E-state index is 0.426. The van der Waals surface area contributed by atoms with Crippen molar-refractivity contribution in [3.05, 3.63) is 96.5 Å². The molecule has 0 bridgehead atoms. The van der Waals surface area contributed by atoms with Crippen molar-refractivity contribution >= 4 is 23.2 Å². The molecule has 2 aromatic carbocycles. The van der Waals surface area contributed by atoms with E-state index < -0.39 is 0 Å². The van der Waals surface area contributed by atoms with Crippen molar-refractivity contribution in [3.63, 3.8) is 0 Å². The van der Waals surface area contributed by atoms with Gasteiger partial charge in [0, 0.05) is 23.2 Å². The molecule has 5 nitrogen and oxygen atoms in total. The first-order chi connectivity index (χ1) is 14.4. The van der Waals surface area contributed by atoms with Gasteiger partial charge in [0.2, 0.25) is 11.8 Å². The average molecular weight is 376 g/mol. The van der Waals surface area contributed by atoms with Crippen molar-refractivity contribution < 1.29 is 4.42 Å². The zero-order valence-electron chi connectivity index (χ0n) is 15.4. The summed E-state index contributed by atoms with van der Waals surface area (Å²) in [7, 11) is 0. The Bertz CT molecular complexity index is 1290. The van der Waals surface area contributed by atoms with E-state index in [0.717, 1.165) is 27.8 Å². The molecular weight excluding hydrogens is 360 g/mol. The average Bonchev–Trinajstić information content (AvgIpc) is 3.27. The van der Waals surface area contributed by atoms with Gasteiger partial charge in [-0.15, -0.1) is 10.2 Å². The summed E-state index contributed by atoms with van der Waals surface area (Å²) in [6.45, 7) is 0. The van der Waals surface area contributed by atoms with Crippen LogP contribution in [-0.2, 0) is 0 Å². The molecule has 0 radical (unpaired) electrons. The molecule has 5 rings (SSSR count). The highest BCUT2D eigenvalue weighted by atomic mass is 16.4. The lowest BCUT2D eigenvalue weighted by Crippen LogP contribution is -1.93. The largest absolute Gasteiger partial charge is 0.417 e. The molecule has 0 aliphatic rings. The van der Waals surface area contributed by atoms with Gasteiger partial charge >= 0.3 is 0 Å². The van der Waals surface area contributed by atoms with Gasteiger partial charge in [0.1, 0.15) is 0 Å². The maximum Gasteiger partial charge on any atom is 0.250 e. The molecule has 3 aromatic heterocycles. The molecule has 0 N–H and O–H groups in total. The van der Waals surface area contributed by atoms with Gasteiger partial charge in [0.05, 0.1) is 11.3 Å². The fourth-order valence-electron chi connectivity index (χ4n) is 3.13. The molecular formula is C24H16N4O. The lowest BCUT2D eigenvalue weighted by atomic mass is 10.0. The van der Waals surface area contributed by atoms with Crippen LogP contribution in [0.4, 0.5) is 0 Å². The zero-order chi connectivity index (χ0) is 19.5. The number of pyridine rings is 2. The van der Waals surface area contributed by atoms with Gasteiger partial charge in [-0.05, 0) is 29.8 Å². The molecule has 0 aliphatic heterocycles. The van der Waals surface area contributed by atoms with Gasteiger partial charge in [0.25, 0.3) is 0 Å². The van der Waals surface area contributed by atoms with Gasteiger partial charge in [-0.3, -0.25) is 0 Å². The molecule has 29 heavy (non-hydrogen) atoms. The molecule has 0 spiro atoms. The minimum atomic E-state index is 0.426. The van der Waals surface area contributed by atoms with Crippen molar-refractivity contribution in [2.75, 3.05) is 0 Å². The fraction of sp³-hybridized carbons (Fsp3) is 0. The van der Waals surface area contributed by atoms with Crippen LogP contribution in [0.5, 0.6) is 0 Å². The quantitative estimate of drug-likeness (QED) is 0.413. The summed E-state index contributed by atoms with van der Waals surface area (Å²) in [6, 6.07) is 25.8. The highest BCUT2D eigenvalue weighted by molar-refractivity contribution is 5.88. The summed E-state index contributed by atoms with van der Waals surface area (Å²) < 4.78 is 5.93. The van der Waals surface area contributed by atoms with Crippen LogP contribution in [0, 0.1) is 0 Å². The van der Waals surface area contributed by atoms with Crippen LogP contribution in [0.15, 0.2) is 89.5 Å². The van der Waals surface area contributed by atoms with E-state index in [9.17, 15) is 0 Å². The Hall–Kier alpha value is -4.12. The van der Waals surface area contributed by atoms with E-state index in [1.165, 1.54) is 0 Å². The first kappa shape index (κ1) is 17.0. The van der Waals surface area contributed by atoms with Gasteiger partial charge < -0.3 is 4.42 Å². The van der Waals surface area contributed by atoms with E-state index in [1.54, 1.807) is 6.20 Å². The number of aromatic nitrogens is 4. The van der Waals surface area contributed by atoms with Crippen LogP contribution in [0.25, 0.3) is 45.9 Å². The highest BCUT2D eigenvalue weighted by Gasteiger charge is 2.16. The predicted molar refractivity (Wildman–Crippen MR) is 114 cm³/mol. The van der Waals surface area contributed by atoms with Gasteiger partial charge in [-0.25, -0.2) is 9.97 Å². The van der Waals surface area contributed by atoms with E-state index in [0.29, 0.717) is 17.4 Å². The topological polar surface area (TPSA) is 64.7 Å². The molecule has 0 atom stereocenters.